The quantitative estimate of drug-likeness (QED) is 0.134. The van der Waals surface area contributed by atoms with E-state index in [0.717, 1.165) is 11.1 Å². The summed E-state index contributed by atoms with van der Waals surface area (Å²) in [6.07, 6.45) is 6.26. The van der Waals surface area contributed by atoms with Crippen LogP contribution >= 0.6 is 0 Å². The number of carbonyl (C=O) groups excluding carboxylic acids is 3. The van der Waals surface area contributed by atoms with Crippen molar-refractivity contribution in [1.82, 2.24) is 0 Å². The Balaban J connectivity index is 1.43. The summed E-state index contributed by atoms with van der Waals surface area (Å²) in [5, 5.41) is 0. The number of benzene rings is 2. The van der Waals surface area contributed by atoms with Gasteiger partial charge in [-0.2, -0.15) is 0 Å². The Labute approximate surface area is 209 Å². The first-order valence-corrected chi connectivity index (χ1v) is 11.4. The highest BCUT2D eigenvalue weighted by atomic mass is 16.6. The van der Waals surface area contributed by atoms with Crippen molar-refractivity contribution in [2.24, 2.45) is 5.92 Å². The van der Waals surface area contributed by atoms with Crippen LogP contribution in [0.2, 0.25) is 0 Å². The molecule has 0 saturated carbocycles. The van der Waals surface area contributed by atoms with Gasteiger partial charge in [0.25, 0.3) is 6.47 Å². The van der Waals surface area contributed by atoms with E-state index in [1.807, 2.05) is 42.5 Å². The minimum atomic E-state index is -0.457. The fraction of sp³-hybridized carbons (Fsp3) is 0.250. The molecule has 2 aromatic rings. The first kappa shape index (κ1) is 26.3. The molecule has 1 aliphatic carbocycles. The molecule has 1 unspecified atom stereocenters. The molecule has 0 spiro atoms. The van der Waals surface area contributed by atoms with E-state index in [9.17, 15) is 14.4 Å². The predicted octanol–water partition coefficient (Wildman–Crippen LogP) is 4.30. The molecule has 8 heteroatoms. The molecule has 0 fully saturated rings. The maximum absolute atomic E-state index is 12.6. The van der Waals surface area contributed by atoms with Crippen LogP contribution in [0, 0.1) is 5.92 Å². The molecule has 0 aromatic heterocycles. The molecule has 0 bridgehead atoms. The van der Waals surface area contributed by atoms with Gasteiger partial charge in [-0.3, -0.25) is 9.59 Å². The molecule has 2 aromatic carbocycles. The topological polar surface area (TPSA) is 97.4 Å². The average molecular weight is 493 g/mol. The van der Waals surface area contributed by atoms with Gasteiger partial charge < -0.3 is 23.7 Å². The zero-order chi connectivity index (χ0) is 25.8. The maximum Gasteiger partial charge on any atom is 0.333 e. The van der Waals surface area contributed by atoms with Crippen molar-refractivity contribution < 1.29 is 38.1 Å². The molecular weight excluding hydrogens is 464 g/mol. The molecule has 0 saturated heterocycles. The third kappa shape index (κ3) is 8.16. The van der Waals surface area contributed by atoms with Crippen LogP contribution in [0.4, 0.5) is 0 Å². The molecule has 3 rings (SSSR count). The largest absolute Gasteiger partial charge is 0.490 e. The lowest BCUT2D eigenvalue weighted by Crippen LogP contribution is -2.19. The van der Waals surface area contributed by atoms with Gasteiger partial charge in [-0.05, 0) is 60.9 Å². The smallest absolute Gasteiger partial charge is 0.333 e. The SMILES string of the molecule is C=C(C)C(=O)OCCOc1ccc(OC(=O)C2C=CC(c3ccc(OCCOC=O)cc3)=CC2)cc1. The second kappa shape index (κ2) is 13.5. The fourth-order valence-corrected chi connectivity index (χ4v) is 3.22. The molecule has 188 valence electrons. The number of allylic oxidation sites excluding steroid dienone is 3. The minimum Gasteiger partial charge on any atom is -0.490 e. The number of ether oxygens (including phenoxy) is 5. The molecule has 0 heterocycles. The Kier molecular flexibility index (Phi) is 9.88. The molecule has 0 amide bonds. The third-order valence-corrected chi connectivity index (χ3v) is 5.10. The highest BCUT2D eigenvalue weighted by Gasteiger charge is 2.20. The van der Waals surface area contributed by atoms with Crippen LogP contribution in [-0.4, -0.2) is 44.8 Å². The van der Waals surface area contributed by atoms with Crippen LogP contribution in [0.25, 0.3) is 5.57 Å². The van der Waals surface area contributed by atoms with E-state index in [1.54, 1.807) is 31.2 Å². The van der Waals surface area contributed by atoms with E-state index in [2.05, 4.69) is 11.3 Å². The Morgan fingerprint density at radius 1 is 0.917 bits per heavy atom. The predicted molar refractivity (Wildman–Crippen MR) is 133 cm³/mol. The number of carbonyl (C=O) groups is 3. The van der Waals surface area contributed by atoms with Crippen molar-refractivity contribution in [3.05, 3.63) is 84.5 Å². The molecule has 1 atom stereocenters. The van der Waals surface area contributed by atoms with Crippen LogP contribution in [0.15, 0.2) is 78.9 Å². The van der Waals surface area contributed by atoms with Crippen LogP contribution in [0.5, 0.6) is 17.2 Å². The third-order valence-electron chi connectivity index (χ3n) is 5.10. The van der Waals surface area contributed by atoms with E-state index in [-0.39, 0.29) is 38.3 Å². The molecular formula is C28H28O8. The van der Waals surface area contributed by atoms with E-state index in [1.165, 1.54) is 0 Å². The van der Waals surface area contributed by atoms with E-state index < -0.39 is 5.97 Å². The summed E-state index contributed by atoms with van der Waals surface area (Å²) in [4.78, 5) is 34.1. The van der Waals surface area contributed by atoms with Crippen molar-refractivity contribution in [1.29, 1.82) is 0 Å². The van der Waals surface area contributed by atoms with Crippen LogP contribution in [0.3, 0.4) is 0 Å². The summed E-state index contributed by atoms with van der Waals surface area (Å²) < 4.78 is 26.1. The van der Waals surface area contributed by atoms with Crippen LogP contribution in [-0.2, 0) is 23.9 Å². The van der Waals surface area contributed by atoms with Gasteiger partial charge in [-0.15, -0.1) is 0 Å². The van der Waals surface area contributed by atoms with E-state index >= 15 is 0 Å². The van der Waals surface area contributed by atoms with Crippen molar-refractivity contribution in [3.8, 4) is 17.2 Å². The Bertz CT molecular complexity index is 1110. The Morgan fingerprint density at radius 3 is 2.11 bits per heavy atom. The monoisotopic (exact) mass is 492 g/mol. The lowest BCUT2D eigenvalue weighted by atomic mass is 9.93. The number of esters is 2. The van der Waals surface area contributed by atoms with Crippen LogP contribution < -0.4 is 14.2 Å². The summed E-state index contributed by atoms with van der Waals surface area (Å²) in [5.41, 5.74) is 2.34. The lowest BCUT2D eigenvalue weighted by Gasteiger charge is -2.16. The van der Waals surface area contributed by atoms with Gasteiger partial charge in [-0.25, -0.2) is 4.79 Å². The normalized spacial score (nSPS) is 14.2. The zero-order valence-electron chi connectivity index (χ0n) is 20.0. The standard InChI is InChI=1S/C28H28O8/c1-20(2)27(30)35-18-17-34-25-11-13-26(14-12-25)36-28(31)23-5-3-21(4-6-23)22-7-9-24(10-8-22)33-16-15-32-19-29/h3-5,7-14,19,23H,1,6,15-18H2,2H3. The average Bonchev–Trinajstić information content (AvgIpc) is 2.90. The first-order valence-electron chi connectivity index (χ1n) is 11.4. The fourth-order valence-electron chi connectivity index (χ4n) is 3.22. The van der Waals surface area contributed by atoms with Gasteiger partial charge in [0.2, 0.25) is 0 Å². The van der Waals surface area contributed by atoms with Gasteiger partial charge in [0.15, 0.2) is 0 Å². The van der Waals surface area contributed by atoms with Crippen LogP contribution in [0.1, 0.15) is 18.9 Å². The summed E-state index contributed by atoms with van der Waals surface area (Å²) in [6.45, 7) is 6.27. The molecule has 1 aliphatic rings. The Hall–Kier alpha value is -4.33. The van der Waals surface area contributed by atoms with E-state index in [4.69, 9.17) is 18.9 Å². The molecule has 8 nitrogen and oxygen atoms in total. The van der Waals surface area contributed by atoms with Crippen molar-refractivity contribution in [2.45, 2.75) is 13.3 Å². The second-order valence-corrected chi connectivity index (χ2v) is 7.86. The summed E-state index contributed by atoms with van der Waals surface area (Å²) in [5.74, 6) is 0.478. The van der Waals surface area contributed by atoms with Gasteiger partial charge in [0.05, 0.1) is 5.92 Å². The molecule has 0 N–H and O–H groups in total. The van der Waals surface area contributed by atoms with Crippen molar-refractivity contribution >= 4 is 24.0 Å². The Morgan fingerprint density at radius 2 is 1.53 bits per heavy atom. The molecule has 36 heavy (non-hydrogen) atoms. The van der Waals surface area contributed by atoms with Crippen molar-refractivity contribution in [3.63, 3.8) is 0 Å². The maximum atomic E-state index is 12.6. The van der Waals surface area contributed by atoms with E-state index in [0.29, 0.717) is 35.7 Å². The number of hydrogen-bond donors (Lipinski definition) is 0. The summed E-state index contributed by atoms with van der Waals surface area (Å²) in [6, 6.07) is 14.2. The minimum absolute atomic E-state index is 0.113. The lowest BCUT2D eigenvalue weighted by molar-refractivity contribution is -0.139. The molecule has 0 aliphatic heterocycles. The molecule has 0 radical (unpaired) electrons. The zero-order valence-corrected chi connectivity index (χ0v) is 20.0. The van der Waals surface area contributed by atoms with Gasteiger partial charge in [-0.1, -0.05) is 36.9 Å². The number of hydrogen-bond acceptors (Lipinski definition) is 8. The summed E-state index contributed by atoms with van der Waals surface area (Å²) in [7, 11) is 0. The van der Waals surface area contributed by atoms with Gasteiger partial charge in [0.1, 0.15) is 43.7 Å². The highest BCUT2D eigenvalue weighted by Crippen LogP contribution is 2.27. The van der Waals surface area contributed by atoms with Gasteiger partial charge in [0, 0.05) is 5.57 Å². The van der Waals surface area contributed by atoms with Gasteiger partial charge >= 0.3 is 11.9 Å². The van der Waals surface area contributed by atoms with Crippen molar-refractivity contribution in [2.75, 3.05) is 26.4 Å². The number of rotatable bonds is 13. The summed E-state index contributed by atoms with van der Waals surface area (Å²) >= 11 is 0. The first-order chi connectivity index (χ1) is 17.5. The highest BCUT2D eigenvalue weighted by molar-refractivity contribution is 5.87. The second-order valence-electron chi connectivity index (χ2n) is 7.86.